The third kappa shape index (κ3) is 4.50. The van der Waals surface area contributed by atoms with Crippen LogP contribution in [0.15, 0.2) is 94.1 Å². The van der Waals surface area contributed by atoms with Crippen LogP contribution < -0.4 is 18.9 Å². The molecule has 3 aromatic carbocycles. The van der Waals surface area contributed by atoms with Crippen molar-refractivity contribution in [3.63, 3.8) is 0 Å². The Morgan fingerprint density at radius 1 is 1.10 bits per heavy atom. The molecule has 0 unspecified atom stereocenters. The van der Waals surface area contributed by atoms with Crippen molar-refractivity contribution in [2.45, 2.75) is 45.1 Å². The van der Waals surface area contributed by atoms with Crippen LogP contribution in [0.3, 0.4) is 0 Å². The minimum Gasteiger partial charge on any atom is -0.496 e. The number of anilines is 1. The molecule has 0 aliphatic carbocycles. The average Bonchev–Trinajstić information content (AvgIpc) is 3.52. The van der Waals surface area contributed by atoms with Gasteiger partial charge in [-0.25, -0.2) is 0 Å². The number of nitrogens with zero attached hydrogens (tertiary/aromatic N) is 2. The van der Waals surface area contributed by atoms with Gasteiger partial charge < -0.3 is 14.4 Å². The molecule has 0 saturated heterocycles. The van der Waals surface area contributed by atoms with Crippen LogP contribution in [0.25, 0.3) is 21.9 Å². The summed E-state index contributed by atoms with van der Waals surface area (Å²) in [6.07, 6.45) is 11.1. The fourth-order valence-electron chi connectivity index (χ4n) is 6.09. The summed E-state index contributed by atoms with van der Waals surface area (Å²) < 4.78 is 15.9. The van der Waals surface area contributed by atoms with Gasteiger partial charge in [0.25, 0.3) is 5.01 Å². The lowest BCUT2D eigenvalue weighted by Crippen LogP contribution is -2.38. The molecule has 0 radical (unpaired) electrons. The van der Waals surface area contributed by atoms with Crippen molar-refractivity contribution in [2.75, 3.05) is 18.6 Å². The Morgan fingerprint density at radius 3 is 2.83 bits per heavy atom. The average molecular weight is 578 g/mol. The van der Waals surface area contributed by atoms with E-state index in [0.717, 1.165) is 53.5 Å². The summed E-state index contributed by atoms with van der Waals surface area (Å²) in [6.45, 7) is 8.44. The number of hydrogen-bond acceptors (Lipinski definition) is 5. The molecule has 3 aliphatic rings. The number of allylic oxidation sites excluding steroid dienone is 5. The van der Waals surface area contributed by atoms with E-state index in [1.807, 2.05) is 17.4 Å². The molecule has 4 nitrogen and oxygen atoms in total. The van der Waals surface area contributed by atoms with Gasteiger partial charge in [0.2, 0.25) is 5.52 Å². The van der Waals surface area contributed by atoms with Gasteiger partial charge in [-0.2, -0.15) is 4.57 Å². The molecule has 0 bridgehead atoms. The van der Waals surface area contributed by atoms with Crippen LogP contribution in [0, 0.1) is 6.92 Å². The summed E-state index contributed by atoms with van der Waals surface area (Å²) in [7, 11) is 1.74. The Balaban J connectivity index is 1.26. The van der Waals surface area contributed by atoms with E-state index in [2.05, 4.69) is 103 Å². The molecule has 4 aromatic rings. The number of thiazole rings is 1. The van der Waals surface area contributed by atoms with Gasteiger partial charge in [0.1, 0.15) is 22.0 Å². The predicted octanol–water partition coefficient (Wildman–Crippen LogP) is 8.69. The second-order valence-electron chi connectivity index (χ2n) is 10.6. The summed E-state index contributed by atoms with van der Waals surface area (Å²) in [5.41, 5.74) is 8.78. The van der Waals surface area contributed by atoms with E-state index < -0.39 is 0 Å². The number of fused-ring (bicyclic) bond motifs is 2. The van der Waals surface area contributed by atoms with E-state index in [9.17, 15) is 0 Å². The Bertz CT molecular complexity index is 1830. The smallest absolute Gasteiger partial charge is 0.263 e. The number of thioether (sulfide) groups is 1. The van der Waals surface area contributed by atoms with Gasteiger partial charge in [0.15, 0.2) is 6.54 Å². The summed E-state index contributed by atoms with van der Waals surface area (Å²) in [5.74, 6) is 2.71. The van der Waals surface area contributed by atoms with Gasteiger partial charge in [0, 0.05) is 35.1 Å². The molecule has 41 heavy (non-hydrogen) atoms. The van der Waals surface area contributed by atoms with Crippen LogP contribution in [-0.2, 0) is 13.0 Å². The Kier molecular flexibility index (Phi) is 6.76. The molecule has 0 fully saturated rings. The third-order valence-corrected chi connectivity index (χ3v) is 10.4. The fraction of sp³-hybridized carbons (Fsp3) is 0.229. The summed E-state index contributed by atoms with van der Waals surface area (Å²) in [4.78, 5) is 3.59. The molecule has 4 heterocycles. The molecule has 7 rings (SSSR count). The first-order valence-electron chi connectivity index (χ1n) is 14.2. The molecule has 0 atom stereocenters. The first kappa shape index (κ1) is 26.2. The SMILES string of the molecule is CCN1/C(=C/C=C/C2=C(C)C(=C/c3sc4cccc5c4[n+]3CCC5)/c3ccccc3O2)Sc2cc(OC)c(C)cc21. The highest BCUT2D eigenvalue weighted by atomic mass is 32.2. The van der Waals surface area contributed by atoms with Gasteiger partial charge in [0.05, 0.1) is 17.8 Å². The zero-order valence-corrected chi connectivity index (χ0v) is 25.5. The molecule has 0 N–H and O–H groups in total. The zero-order valence-electron chi connectivity index (χ0n) is 23.9. The quantitative estimate of drug-likeness (QED) is 0.222. The maximum absolute atomic E-state index is 6.47. The van der Waals surface area contributed by atoms with Crippen molar-refractivity contribution < 1.29 is 14.0 Å². The van der Waals surface area contributed by atoms with Gasteiger partial charge >= 0.3 is 0 Å². The van der Waals surface area contributed by atoms with E-state index in [-0.39, 0.29) is 0 Å². The van der Waals surface area contributed by atoms with Crippen LogP contribution in [0.1, 0.15) is 42.0 Å². The van der Waals surface area contributed by atoms with Crippen molar-refractivity contribution in [3.8, 4) is 11.5 Å². The number of rotatable bonds is 5. The molecule has 0 saturated carbocycles. The standard InChI is InChI=1S/C35H33N2O2S2/c1-5-36-27-19-22(2)30(38-4)21-32(27)41-33(36)17-9-15-28-23(3)26(25-13-6-7-14-29(25)39-28)20-34-37-18-10-12-24-11-8-16-31(40-34)35(24)37/h6-9,11,13-17,19-21H,5,10,12,18H2,1-4H3/q+1. The molecule has 0 amide bonds. The normalized spacial score (nSPS) is 18.0. The van der Waals surface area contributed by atoms with Gasteiger partial charge in [-0.3, -0.25) is 0 Å². The summed E-state index contributed by atoms with van der Waals surface area (Å²) in [5, 5.41) is 2.50. The van der Waals surface area contributed by atoms with Gasteiger partial charge in [-0.1, -0.05) is 59.5 Å². The number of aryl methyl sites for hydroxylation is 3. The highest BCUT2D eigenvalue weighted by Gasteiger charge is 2.28. The maximum Gasteiger partial charge on any atom is 0.263 e. The lowest BCUT2D eigenvalue weighted by atomic mass is 9.94. The number of hydrogen-bond donors (Lipinski definition) is 0. The molecular weight excluding hydrogens is 545 g/mol. The van der Waals surface area contributed by atoms with Crippen molar-refractivity contribution in [2.24, 2.45) is 0 Å². The molecule has 3 aliphatic heterocycles. The van der Waals surface area contributed by atoms with Gasteiger partial charge in [-0.05, 0) is 80.3 Å². The van der Waals surface area contributed by atoms with Crippen LogP contribution in [0.2, 0.25) is 0 Å². The molecule has 0 spiro atoms. The van der Waals surface area contributed by atoms with Crippen LogP contribution in [0.4, 0.5) is 5.69 Å². The van der Waals surface area contributed by atoms with Crippen molar-refractivity contribution in [3.05, 3.63) is 111 Å². The highest BCUT2D eigenvalue weighted by Crippen LogP contribution is 2.48. The van der Waals surface area contributed by atoms with E-state index in [4.69, 9.17) is 9.47 Å². The largest absolute Gasteiger partial charge is 0.496 e. The second kappa shape index (κ2) is 10.6. The Labute approximate surface area is 249 Å². The minimum atomic E-state index is 0.883. The molecule has 1 aromatic heterocycles. The summed E-state index contributed by atoms with van der Waals surface area (Å²) in [6, 6.07) is 19.5. The number of para-hydroxylation sites is 2. The molecule has 206 valence electrons. The summed E-state index contributed by atoms with van der Waals surface area (Å²) >= 11 is 3.67. The molecule has 6 heteroatoms. The first-order chi connectivity index (χ1) is 20.1. The van der Waals surface area contributed by atoms with Crippen molar-refractivity contribution in [1.82, 2.24) is 0 Å². The van der Waals surface area contributed by atoms with E-state index >= 15 is 0 Å². The van der Waals surface area contributed by atoms with Crippen molar-refractivity contribution >= 4 is 50.7 Å². The fourth-order valence-corrected chi connectivity index (χ4v) is 8.42. The van der Waals surface area contributed by atoms with Crippen molar-refractivity contribution in [1.29, 1.82) is 0 Å². The lowest BCUT2D eigenvalue weighted by molar-refractivity contribution is -0.671. The number of aromatic nitrogens is 1. The van der Waals surface area contributed by atoms with Gasteiger partial charge in [-0.15, -0.1) is 0 Å². The second-order valence-corrected chi connectivity index (χ2v) is 12.7. The number of ether oxygens (including phenoxy) is 2. The van der Waals surface area contributed by atoms with Crippen LogP contribution in [0.5, 0.6) is 11.5 Å². The maximum atomic E-state index is 6.47. The Hall–Kier alpha value is -3.74. The third-order valence-electron chi connectivity index (χ3n) is 8.15. The predicted molar refractivity (Wildman–Crippen MR) is 172 cm³/mol. The Morgan fingerprint density at radius 2 is 1.98 bits per heavy atom. The number of benzene rings is 3. The minimum absolute atomic E-state index is 0.883. The van der Waals surface area contributed by atoms with Crippen LogP contribution in [-0.4, -0.2) is 13.7 Å². The van der Waals surface area contributed by atoms with E-state index in [0.29, 0.717) is 0 Å². The topological polar surface area (TPSA) is 25.6 Å². The van der Waals surface area contributed by atoms with E-state index in [1.54, 1.807) is 18.9 Å². The first-order valence-corrected chi connectivity index (χ1v) is 15.9. The zero-order chi connectivity index (χ0) is 28.1. The molecular formula is C35H33N2O2S2+. The highest BCUT2D eigenvalue weighted by molar-refractivity contribution is 8.03. The number of methoxy groups -OCH3 is 1. The van der Waals surface area contributed by atoms with Crippen LogP contribution >= 0.6 is 23.1 Å². The monoisotopic (exact) mass is 577 g/mol. The van der Waals surface area contributed by atoms with E-state index in [1.165, 1.54) is 48.4 Å². The lowest BCUT2D eigenvalue weighted by Gasteiger charge is -2.22.